The van der Waals surface area contributed by atoms with Gasteiger partial charge in [-0.05, 0) is 37.8 Å². The highest BCUT2D eigenvalue weighted by molar-refractivity contribution is 6.30. The molecule has 1 aromatic rings. The van der Waals surface area contributed by atoms with Crippen LogP contribution in [0.25, 0.3) is 0 Å². The lowest BCUT2D eigenvalue weighted by Crippen LogP contribution is -2.57. The first-order valence-electron chi connectivity index (χ1n) is 8.92. The highest BCUT2D eigenvalue weighted by atomic mass is 35.5. The number of rotatable bonds is 4. The molecule has 1 amide bonds. The van der Waals surface area contributed by atoms with Crippen LogP contribution >= 0.6 is 11.6 Å². The van der Waals surface area contributed by atoms with E-state index in [9.17, 15) is 14.7 Å². The van der Waals surface area contributed by atoms with Crippen molar-refractivity contribution in [2.75, 3.05) is 18.0 Å². The number of hydrogen-bond donors (Lipinski definition) is 2. The van der Waals surface area contributed by atoms with Gasteiger partial charge >= 0.3 is 5.97 Å². The molecule has 1 saturated heterocycles. The van der Waals surface area contributed by atoms with Crippen molar-refractivity contribution in [1.82, 2.24) is 10.3 Å². The van der Waals surface area contributed by atoms with E-state index in [1.54, 1.807) is 6.20 Å². The smallest absolute Gasteiger partial charge is 0.329 e. The van der Waals surface area contributed by atoms with Gasteiger partial charge in [-0.2, -0.15) is 0 Å². The number of aromatic nitrogens is 1. The molecule has 2 aliphatic rings. The number of aliphatic carboxylic acids is 1. The predicted octanol–water partition coefficient (Wildman–Crippen LogP) is 2.86. The number of nitrogens with one attached hydrogen (secondary N) is 1. The number of anilines is 1. The predicted molar refractivity (Wildman–Crippen MR) is 95.8 cm³/mol. The highest BCUT2D eigenvalue weighted by Gasteiger charge is 2.42. The van der Waals surface area contributed by atoms with Crippen LogP contribution in [-0.2, 0) is 9.59 Å². The van der Waals surface area contributed by atoms with Crippen molar-refractivity contribution in [3.63, 3.8) is 0 Å². The van der Waals surface area contributed by atoms with Gasteiger partial charge < -0.3 is 15.3 Å². The molecule has 2 N–H and O–H groups in total. The molecule has 3 rings (SSSR count). The van der Waals surface area contributed by atoms with Gasteiger partial charge in [0, 0.05) is 25.2 Å². The first-order valence-corrected chi connectivity index (χ1v) is 9.30. The molecule has 136 valence electrons. The van der Waals surface area contributed by atoms with Crippen molar-refractivity contribution < 1.29 is 14.7 Å². The molecule has 1 aromatic heterocycles. The standard InChI is InChI=1S/C18H24ClN3O3/c19-14-4-5-15(20-12-14)22-10-6-13(7-11-22)16(23)21-18(17(24)25)8-2-1-3-9-18/h4-5,12-13H,1-3,6-11H2,(H,21,23)(H,24,25). The van der Waals surface area contributed by atoms with Crippen LogP contribution in [0.3, 0.4) is 0 Å². The number of carbonyl (C=O) groups excluding carboxylic acids is 1. The number of amides is 1. The molecular formula is C18H24ClN3O3. The lowest BCUT2D eigenvalue weighted by atomic mass is 9.81. The Kier molecular flexibility index (Phi) is 5.47. The summed E-state index contributed by atoms with van der Waals surface area (Å²) in [4.78, 5) is 30.8. The van der Waals surface area contributed by atoms with Crippen LogP contribution in [0.5, 0.6) is 0 Å². The number of carbonyl (C=O) groups is 2. The SMILES string of the molecule is O=C(NC1(C(=O)O)CCCCC1)C1CCN(c2ccc(Cl)cn2)CC1. The fraction of sp³-hybridized carbons (Fsp3) is 0.611. The van der Waals surface area contributed by atoms with Gasteiger partial charge in [0.2, 0.25) is 5.91 Å². The van der Waals surface area contributed by atoms with Crippen molar-refractivity contribution in [2.45, 2.75) is 50.5 Å². The zero-order valence-electron chi connectivity index (χ0n) is 14.2. The Balaban J connectivity index is 1.57. The monoisotopic (exact) mass is 365 g/mol. The summed E-state index contributed by atoms with van der Waals surface area (Å²) >= 11 is 5.86. The van der Waals surface area contributed by atoms with E-state index in [4.69, 9.17) is 11.6 Å². The number of piperidine rings is 1. The van der Waals surface area contributed by atoms with Gasteiger partial charge in [0.25, 0.3) is 0 Å². The van der Waals surface area contributed by atoms with Gasteiger partial charge in [-0.1, -0.05) is 30.9 Å². The third kappa shape index (κ3) is 4.06. The number of hydrogen-bond acceptors (Lipinski definition) is 4. The first kappa shape index (κ1) is 18.0. The molecular weight excluding hydrogens is 342 g/mol. The summed E-state index contributed by atoms with van der Waals surface area (Å²) < 4.78 is 0. The van der Waals surface area contributed by atoms with Crippen molar-refractivity contribution >= 4 is 29.3 Å². The molecule has 0 spiro atoms. The van der Waals surface area contributed by atoms with Crippen LogP contribution in [0.4, 0.5) is 5.82 Å². The molecule has 0 unspecified atom stereocenters. The van der Waals surface area contributed by atoms with Crippen LogP contribution in [-0.4, -0.2) is 40.6 Å². The summed E-state index contributed by atoms with van der Waals surface area (Å²) in [6.45, 7) is 1.46. The number of carboxylic acids is 1. The maximum Gasteiger partial charge on any atom is 0.329 e. The first-order chi connectivity index (χ1) is 12.0. The Bertz CT molecular complexity index is 621. The molecule has 1 aliphatic carbocycles. The number of pyridine rings is 1. The molecule has 1 saturated carbocycles. The van der Waals surface area contributed by atoms with Gasteiger partial charge in [-0.15, -0.1) is 0 Å². The summed E-state index contributed by atoms with van der Waals surface area (Å²) in [5.41, 5.74) is -1.07. The Morgan fingerprint density at radius 1 is 1.20 bits per heavy atom. The van der Waals surface area contributed by atoms with E-state index < -0.39 is 11.5 Å². The Labute approximate surface area is 152 Å². The van der Waals surface area contributed by atoms with Crippen LogP contribution in [0, 0.1) is 5.92 Å². The molecule has 6 nitrogen and oxygen atoms in total. The lowest BCUT2D eigenvalue weighted by molar-refractivity contribution is -0.150. The quantitative estimate of drug-likeness (QED) is 0.857. The normalized spacial score (nSPS) is 20.9. The van der Waals surface area contributed by atoms with Gasteiger partial charge in [0.15, 0.2) is 0 Å². The average Bonchev–Trinajstić information content (AvgIpc) is 2.63. The Morgan fingerprint density at radius 3 is 2.44 bits per heavy atom. The van der Waals surface area contributed by atoms with E-state index in [1.165, 1.54) is 0 Å². The molecule has 0 radical (unpaired) electrons. The van der Waals surface area contributed by atoms with Crippen LogP contribution in [0.1, 0.15) is 44.9 Å². The highest BCUT2D eigenvalue weighted by Crippen LogP contribution is 2.30. The fourth-order valence-electron chi connectivity index (χ4n) is 3.81. The van der Waals surface area contributed by atoms with E-state index in [2.05, 4.69) is 15.2 Å². The maximum absolute atomic E-state index is 12.6. The molecule has 2 fully saturated rings. The van der Waals surface area contributed by atoms with E-state index in [0.717, 1.165) is 38.2 Å². The van der Waals surface area contributed by atoms with Crippen molar-refractivity contribution in [1.29, 1.82) is 0 Å². The molecule has 0 atom stereocenters. The summed E-state index contributed by atoms with van der Waals surface area (Å²) in [5, 5.41) is 13.1. The minimum atomic E-state index is -1.07. The van der Waals surface area contributed by atoms with Gasteiger partial charge in [0.1, 0.15) is 11.4 Å². The van der Waals surface area contributed by atoms with E-state index in [0.29, 0.717) is 30.7 Å². The second kappa shape index (κ2) is 7.60. The minimum Gasteiger partial charge on any atom is -0.480 e. The molecule has 1 aliphatic heterocycles. The Hall–Kier alpha value is -1.82. The van der Waals surface area contributed by atoms with E-state index >= 15 is 0 Å². The summed E-state index contributed by atoms with van der Waals surface area (Å²) in [6.07, 6.45) is 6.83. The maximum atomic E-state index is 12.6. The molecule has 25 heavy (non-hydrogen) atoms. The van der Waals surface area contributed by atoms with Gasteiger partial charge in [-0.3, -0.25) is 4.79 Å². The average molecular weight is 366 g/mol. The summed E-state index contributed by atoms with van der Waals surface area (Å²) in [7, 11) is 0. The van der Waals surface area contributed by atoms with Crippen molar-refractivity contribution in [3.8, 4) is 0 Å². The molecule has 0 bridgehead atoms. The van der Waals surface area contributed by atoms with Crippen LogP contribution in [0.15, 0.2) is 18.3 Å². The zero-order valence-corrected chi connectivity index (χ0v) is 15.0. The number of halogens is 1. The summed E-state index contributed by atoms with van der Waals surface area (Å²) in [6, 6.07) is 3.69. The zero-order chi connectivity index (χ0) is 17.9. The fourth-order valence-corrected chi connectivity index (χ4v) is 3.92. The second-order valence-corrected chi connectivity index (χ2v) is 7.47. The van der Waals surface area contributed by atoms with Crippen LogP contribution in [0.2, 0.25) is 5.02 Å². The van der Waals surface area contributed by atoms with Crippen LogP contribution < -0.4 is 10.2 Å². The van der Waals surface area contributed by atoms with E-state index in [-0.39, 0.29) is 11.8 Å². The molecule has 7 heteroatoms. The van der Waals surface area contributed by atoms with Gasteiger partial charge in [0.05, 0.1) is 5.02 Å². The van der Waals surface area contributed by atoms with Crippen molar-refractivity contribution in [3.05, 3.63) is 23.4 Å². The van der Waals surface area contributed by atoms with Gasteiger partial charge in [-0.25, -0.2) is 9.78 Å². The molecule has 0 aromatic carbocycles. The Morgan fingerprint density at radius 2 is 1.88 bits per heavy atom. The third-order valence-electron chi connectivity index (χ3n) is 5.38. The van der Waals surface area contributed by atoms with E-state index in [1.807, 2.05) is 12.1 Å². The number of carboxylic acid groups (broad SMARTS) is 1. The number of nitrogens with zero attached hydrogens (tertiary/aromatic N) is 2. The second-order valence-electron chi connectivity index (χ2n) is 7.03. The topological polar surface area (TPSA) is 82.5 Å². The molecule has 2 heterocycles. The van der Waals surface area contributed by atoms with Crippen molar-refractivity contribution in [2.24, 2.45) is 5.92 Å². The third-order valence-corrected chi connectivity index (χ3v) is 5.60. The lowest BCUT2D eigenvalue weighted by Gasteiger charge is -2.37. The largest absolute Gasteiger partial charge is 0.480 e. The minimum absolute atomic E-state index is 0.118. The summed E-state index contributed by atoms with van der Waals surface area (Å²) in [5.74, 6) is -0.296.